The fourth-order valence-corrected chi connectivity index (χ4v) is 7.89. The number of benzene rings is 5. The topological polar surface area (TPSA) is 65.8 Å². The third-order valence-electron chi connectivity index (χ3n) is 10.3. The third-order valence-corrected chi connectivity index (χ3v) is 10.3. The van der Waals surface area contributed by atoms with Crippen molar-refractivity contribution >= 4 is 60.9 Å². The van der Waals surface area contributed by atoms with E-state index in [1.54, 1.807) is 0 Å². The van der Waals surface area contributed by atoms with Gasteiger partial charge in [0.2, 0.25) is 5.78 Å². The number of nitrogens with zero attached hydrogens (tertiary/aromatic N) is 7. The van der Waals surface area contributed by atoms with Gasteiger partial charge in [-0.1, -0.05) is 109 Å². The van der Waals surface area contributed by atoms with Gasteiger partial charge >= 0.3 is 0 Å². The standard InChI is InChI=1S/C47H31N7/c1-2-6-17-31(16-5-1)44-49-45(32-18-7-3-8-19-32)51-46(50-44)33-20-15-23-35(28-33)52-39-26-13-11-24-36(39)37-29-42-43(30-41(37)52)53(34-21-9-4-10-22-34)47-48-38-25-12-14-27-40(38)54(42)47/h1,3,5,7-9,11-16,18-30H,2,4,10H2. The van der Waals surface area contributed by atoms with E-state index in [-0.39, 0.29) is 0 Å². The van der Waals surface area contributed by atoms with Gasteiger partial charge in [0, 0.05) is 39.7 Å². The molecule has 0 saturated carbocycles. The minimum absolute atomic E-state index is 0.562. The molecule has 0 unspecified atom stereocenters. The van der Waals surface area contributed by atoms with Gasteiger partial charge in [0.25, 0.3) is 0 Å². The monoisotopic (exact) mass is 693 g/mol. The van der Waals surface area contributed by atoms with Crippen molar-refractivity contribution in [2.24, 2.45) is 0 Å². The van der Waals surface area contributed by atoms with Crippen molar-refractivity contribution in [2.75, 3.05) is 0 Å². The van der Waals surface area contributed by atoms with Crippen LogP contribution >= 0.6 is 0 Å². The molecule has 0 spiro atoms. The number of aromatic nitrogens is 7. The van der Waals surface area contributed by atoms with Crippen LogP contribution in [0, 0.1) is 11.8 Å². The van der Waals surface area contributed by atoms with E-state index in [2.05, 4.69) is 129 Å². The number of hydrogen-bond donors (Lipinski definition) is 0. The molecule has 2 aliphatic rings. The van der Waals surface area contributed by atoms with Gasteiger partial charge in [0.05, 0.1) is 38.7 Å². The van der Waals surface area contributed by atoms with Crippen LogP contribution in [0.4, 0.5) is 0 Å². The summed E-state index contributed by atoms with van der Waals surface area (Å²) in [7, 11) is 0. The summed E-state index contributed by atoms with van der Waals surface area (Å²) >= 11 is 0. The van der Waals surface area contributed by atoms with Gasteiger partial charge in [-0.3, -0.25) is 8.97 Å². The van der Waals surface area contributed by atoms with Gasteiger partial charge in [-0.25, -0.2) is 19.9 Å². The smallest absolute Gasteiger partial charge is 0.220 e. The molecule has 0 aliphatic heterocycles. The molecule has 0 fully saturated rings. The Hall–Kier alpha value is -7.30. The minimum atomic E-state index is 0.562. The van der Waals surface area contributed by atoms with Crippen LogP contribution in [0.25, 0.3) is 89.4 Å². The quantitative estimate of drug-likeness (QED) is 0.168. The molecule has 0 N–H and O–H groups in total. The van der Waals surface area contributed by atoms with E-state index in [1.165, 1.54) is 10.8 Å². The number of rotatable bonds is 5. The van der Waals surface area contributed by atoms with Crippen molar-refractivity contribution in [3.05, 3.63) is 158 Å². The minimum Gasteiger partial charge on any atom is -0.309 e. The third kappa shape index (κ3) is 4.78. The van der Waals surface area contributed by atoms with E-state index in [0.29, 0.717) is 23.9 Å². The van der Waals surface area contributed by atoms with Crippen LogP contribution in [0.2, 0.25) is 0 Å². The average Bonchev–Trinajstić information content (AvgIpc) is 3.77. The molecule has 9 aromatic rings. The fourth-order valence-electron chi connectivity index (χ4n) is 7.89. The highest BCUT2D eigenvalue weighted by Gasteiger charge is 2.22. The zero-order chi connectivity index (χ0) is 35.6. The summed E-state index contributed by atoms with van der Waals surface area (Å²) in [6, 6.07) is 40.3. The van der Waals surface area contributed by atoms with Gasteiger partial charge in [-0.05, 0) is 67.5 Å². The molecule has 0 bridgehead atoms. The maximum Gasteiger partial charge on any atom is 0.220 e. The van der Waals surface area contributed by atoms with E-state index < -0.39 is 0 Å². The molecule has 54 heavy (non-hydrogen) atoms. The second kappa shape index (κ2) is 12.1. The predicted octanol–water partition coefficient (Wildman–Crippen LogP) is 10.6. The highest BCUT2D eigenvalue weighted by molar-refractivity contribution is 6.14. The molecule has 11 rings (SSSR count). The lowest BCUT2D eigenvalue weighted by molar-refractivity contribution is 1.01. The lowest BCUT2D eigenvalue weighted by atomic mass is 10.1. The van der Waals surface area contributed by atoms with Crippen molar-refractivity contribution < 1.29 is 0 Å². The Balaban J connectivity index is 1.16. The van der Waals surface area contributed by atoms with Crippen LogP contribution in [-0.2, 0) is 0 Å². The summed E-state index contributed by atoms with van der Waals surface area (Å²) in [6.07, 6.45) is 15.6. The van der Waals surface area contributed by atoms with Crippen LogP contribution in [0.1, 0.15) is 25.1 Å². The average molecular weight is 694 g/mol. The van der Waals surface area contributed by atoms with Crippen molar-refractivity contribution in [3.8, 4) is 40.3 Å². The van der Waals surface area contributed by atoms with Crippen LogP contribution in [0.15, 0.2) is 152 Å². The number of para-hydroxylation sites is 3. The van der Waals surface area contributed by atoms with Gasteiger partial charge < -0.3 is 4.57 Å². The highest BCUT2D eigenvalue weighted by atomic mass is 15.2. The predicted molar refractivity (Wildman–Crippen MR) is 219 cm³/mol. The fraction of sp³-hybridized carbons (Fsp3) is 0.0638. The van der Waals surface area contributed by atoms with E-state index in [1.807, 2.05) is 48.6 Å². The molecule has 0 radical (unpaired) electrons. The van der Waals surface area contributed by atoms with E-state index in [9.17, 15) is 0 Å². The molecule has 5 aromatic carbocycles. The molecule has 0 amide bonds. The van der Waals surface area contributed by atoms with Crippen LogP contribution in [-0.4, -0.2) is 33.5 Å². The highest BCUT2D eigenvalue weighted by Crippen LogP contribution is 2.39. The lowest BCUT2D eigenvalue weighted by Crippen LogP contribution is -2.03. The molecular weight excluding hydrogens is 663 g/mol. The Kier molecular flexibility index (Phi) is 6.82. The Bertz CT molecular complexity index is 3190. The van der Waals surface area contributed by atoms with Gasteiger partial charge in [-0.2, -0.15) is 0 Å². The lowest BCUT2D eigenvalue weighted by Gasteiger charge is -2.12. The van der Waals surface area contributed by atoms with Crippen molar-refractivity contribution in [3.63, 3.8) is 0 Å². The Morgan fingerprint density at radius 1 is 0.556 bits per heavy atom. The molecule has 4 heterocycles. The van der Waals surface area contributed by atoms with Gasteiger partial charge in [0.15, 0.2) is 17.5 Å². The normalized spacial score (nSPS) is 14.1. The first-order valence-corrected chi connectivity index (χ1v) is 18.3. The first-order chi connectivity index (χ1) is 26.8. The van der Waals surface area contributed by atoms with Crippen LogP contribution in [0.3, 0.4) is 0 Å². The SMILES string of the molecule is C1#CC(c2nc(-c3ccccc3)nc(-c3cccc(-n4c5ccccc5c5cc6c(cc54)n(C4=CCCC=C4)c4nc5ccccc5n64)c3)n2)=CC=CC1. The molecule has 254 valence electrons. The Labute approximate surface area is 310 Å². The van der Waals surface area contributed by atoms with E-state index in [0.717, 1.165) is 79.8 Å². The largest absolute Gasteiger partial charge is 0.309 e. The number of allylic oxidation sites excluding steroid dienone is 8. The summed E-state index contributed by atoms with van der Waals surface area (Å²) in [5.74, 6) is 9.15. The van der Waals surface area contributed by atoms with E-state index in [4.69, 9.17) is 19.9 Å². The molecule has 0 atom stereocenters. The molecule has 7 heteroatoms. The van der Waals surface area contributed by atoms with Crippen LogP contribution < -0.4 is 0 Å². The second-order valence-electron chi connectivity index (χ2n) is 13.6. The summed E-state index contributed by atoms with van der Waals surface area (Å²) in [6.45, 7) is 0. The van der Waals surface area contributed by atoms with Crippen molar-refractivity contribution in [1.29, 1.82) is 0 Å². The first kappa shape index (κ1) is 30.3. The summed E-state index contributed by atoms with van der Waals surface area (Å²) in [4.78, 5) is 20.1. The molecule has 2 aliphatic carbocycles. The second-order valence-corrected chi connectivity index (χ2v) is 13.6. The van der Waals surface area contributed by atoms with Crippen molar-refractivity contribution in [2.45, 2.75) is 19.3 Å². The zero-order valence-corrected chi connectivity index (χ0v) is 29.2. The molecule has 0 saturated heterocycles. The summed E-state index contributed by atoms with van der Waals surface area (Å²) in [5, 5.41) is 2.36. The summed E-state index contributed by atoms with van der Waals surface area (Å²) in [5.41, 5.74) is 11.3. The maximum absolute atomic E-state index is 5.17. The number of imidazole rings is 2. The van der Waals surface area contributed by atoms with Gasteiger partial charge in [0.1, 0.15) is 0 Å². The van der Waals surface area contributed by atoms with Crippen LogP contribution in [0.5, 0.6) is 0 Å². The Morgan fingerprint density at radius 3 is 2.24 bits per heavy atom. The molecular formula is C47H31N7. The summed E-state index contributed by atoms with van der Waals surface area (Å²) < 4.78 is 6.99. The Morgan fingerprint density at radius 2 is 1.35 bits per heavy atom. The maximum atomic E-state index is 5.17. The van der Waals surface area contributed by atoms with E-state index >= 15 is 0 Å². The van der Waals surface area contributed by atoms with Crippen molar-refractivity contribution in [1.82, 2.24) is 33.5 Å². The first-order valence-electron chi connectivity index (χ1n) is 18.3. The van der Waals surface area contributed by atoms with Gasteiger partial charge in [-0.15, -0.1) is 0 Å². The zero-order valence-electron chi connectivity index (χ0n) is 29.2. The number of hydrogen-bond acceptors (Lipinski definition) is 4. The number of fused-ring (bicyclic) bond motifs is 8. The molecule has 7 nitrogen and oxygen atoms in total. The molecule has 4 aromatic heterocycles.